The average molecular weight is 305 g/mol. The van der Waals surface area contributed by atoms with Crippen LogP contribution in [0.5, 0.6) is 0 Å². The standard InChI is InChI=1S/C19H19N3O/c1-15-18(14-21(2)20-15)19(23)22(17-11-7-4-8-12-17)13-16-9-5-3-6-10-16/h3-12,14H,13H2,1-2H3. The number of rotatable bonds is 4. The van der Waals surface area contributed by atoms with Gasteiger partial charge in [0.25, 0.3) is 5.91 Å². The van der Waals surface area contributed by atoms with Crippen molar-refractivity contribution in [1.82, 2.24) is 9.78 Å². The number of aromatic nitrogens is 2. The van der Waals surface area contributed by atoms with Gasteiger partial charge in [-0.25, -0.2) is 0 Å². The Hall–Kier alpha value is -2.88. The van der Waals surface area contributed by atoms with Gasteiger partial charge in [-0.3, -0.25) is 9.48 Å². The van der Waals surface area contributed by atoms with E-state index in [-0.39, 0.29) is 5.91 Å². The highest BCUT2D eigenvalue weighted by atomic mass is 16.2. The predicted octanol–water partition coefficient (Wildman–Crippen LogP) is 3.58. The molecule has 3 aromatic rings. The maximum Gasteiger partial charge on any atom is 0.262 e. The zero-order valence-corrected chi connectivity index (χ0v) is 13.3. The van der Waals surface area contributed by atoms with Gasteiger partial charge in [-0.1, -0.05) is 48.5 Å². The van der Waals surface area contributed by atoms with E-state index in [1.54, 1.807) is 15.8 Å². The summed E-state index contributed by atoms with van der Waals surface area (Å²) in [6.07, 6.45) is 1.78. The molecule has 2 aromatic carbocycles. The van der Waals surface area contributed by atoms with E-state index in [4.69, 9.17) is 0 Å². The lowest BCUT2D eigenvalue weighted by Crippen LogP contribution is -2.30. The number of hydrogen-bond acceptors (Lipinski definition) is 2. The van der Waals surface area contributed by atoms with E-state index in [0.29, 0.717) is 12.1 Å². The SMILES string of the molecule is Cc1nn(C)cc1C(=O)N(Cc1ccccc1)c1ccccc1. The van der Waals surface area contributed by atoms with Crippen molar-refractivity contribution < 1.29 is 4.79 Å². The van der Waals surface area contributed by atoms with Crippen molar-refractivity contribution in [2.24, 2.45) is 7.05 Å². The van der Waals surface area contributed by atoms with Crippen molar-refractivity contribution in [3.8, 4) is 0 Å². The van der Waals surface area contributed by atoms with Crippen LogP contribution in [0.15, 0.2) is 66.9 Å². The van der Waals surface area contributed by atoms with Crippen molar-refractivity contribution in [3.05, 3.63) is 83.7 Å². The molecule has 0 bridgehead atoms. The number of aryl methyl sites for hydroxylation is 2. The first-order chi connectivity index (χ1) is 11.1. The highest BCUT2D eigenvalue weighted by Gasteiger charge is 2.21. The molecule has 1 aromatic heterocycles. The van der Waals surface area contributed by atoms with Crippen molar-refractivity contribution in [2.45, 2.75) is 13.5 Å². The molecule has 4 heteroatoms. The second-order valence-electron chi connectivity index (χ2n) is 5.51. The summed E-state index contributed by atoms with van der Waals surface area (Å²) in [6, 6.07) is 19.7. The highest BCUT2D eigenvalue weighted by molar-refractivity contribution is 6.06. The first-order valence-corrected chi connectivity index (χ1v) is 7.56. The van der Waals surface area contributed by atoms with Crippen LogP contribution in [0.3, 0.4) is 0 Å². The molecule has 0 aliphatic rings. The molecule has 0 unspecified atom stereocenters. The van der Waals surface area contributed by atoms with E-state index in [1.807, 2.05) is 74.6 Å². The Morgan fingerprint density at radius 2 is 1.65 bits per heavy atom. The zero-order valence-electron chi connectivity index (χ0n) is 13.3. The van der Waals surface area contributed by atoms with Crippen LogP contribution in [0, 0.1) is 6.92 Å². The molecule has 0 N–H and O–H groups in total. The summed E-state index contributed by atoms with van der Waals surface area (Å²) in [4.78, 5) is 14.8. The van der Waals surface area contributed by atoms with Gasteiger partial charge in [-0.15, -0.1) is 0 Å². The third-order valence-corrected chi connectivity index (χ3v) is 3.74. The molecule has 0 radical (unpaired) electrons. The van der Waals surface area contributed by atoms with E-state index < -0.39 is 0 Å². The summed E-state index contributed by atoms with van der Waals surface area (Å²) >= 11 is 0. The molecule has 1 heterocycles. The van der Waals surface area contributed by atoms with Crippen LogP contribution in [0.4, 0.5) is 5.69 Å². The van der Waals surface area contributed by atoms with E-state index in [9.17, 15) is 4.79 Å². The van der Waals surface area contributed by atoms with Gasteiger partial charge in [0.05, 0.1) is 17.8 Å². The van der Waals surface area contributed by atoms with Gasteiger partial charge in [-0.05, 0) is 24.6 Å². The van der Waals surface area contributed by atoms with Gasteiger partial charge in [0.1, 0.15) is 0 Å². The van der Waals surface area contributed by atoms with Crippen LogP contribution in [-0.4, -0.2) is 15.7 Å². The van der Waals surface area contributed by atoms with Crippen LogP contribution in [-0.2, 0) is 13.6 Å². The maximum absolute atomic E-state index is 13.1. The minimum Gasteiger partial charge on any atom is -0.304 e. The van der Waals surface area contributed by atoms with Crippen LogP contribution < -0.4 is 4.90 Å². The second kappa shape index (κ2) is 6.48. The second-order valence-corrected chi connectivity index (χ2v) is 5.51. The fourth-order valence-corrected chi connectivity index (χ4v) is 2.61. The molecule has 0 aliphatic carbocycles. The Labute approximate surface area is 136 Å². The van der Waals surface area contributed by atoms with Gasteiger partial charge in [0, 0.05) is 18.9 Å². The minimum atomic E-state index is -0.0364. The third kappa shape index (κ3) is 3.31. The van der Waals surface area contributed by atoms with Crippen molar-refractivity contribution in [2.75, 3.05) is 4.90 Å². The lowest BCUT2D eigenvalue weighted by molar-refractivity contribution is 0.0984. The van der Waals surface area contributed by atoms with E-state index in [1.165, 1.54) is 0 Å². The number of para-hydroxylation sites is 1. The van der Waals surface area contributed by atoms with Gasteiger partial charge in [-0.2, -0.15) is 5.10 Å². The summed E-state index contributed by atoms with van der Waals surface area (Å²) in [7, 11) is 1.83. The molecule has 0 saturated carbocycles. The van der Waals surface area contributed by atoms with E-state index in [0.717, 1.165) is 16.9 Å². The molecule has 0 saturated heterocycles. The lowest BCUT2D eigenvalue weighted by Gasteiger charge is -2.23. The van der Waals surface area contributed by atoms with Gasteiger partial charge in [0.15, 0.2) is 0 Å². The summed E-state index contributed by atoms with van der Waals surface area (Å²) in [5.41, 5.74) is 3.34. The molecule has 4 nitrogen and oxygen atoms in total. The Balaban J connectivity index is 1.98. The number of hydrogen-bond donors (Lipinski definition) is 0. The minimum absolute atomic E-state index is 0.0364. The summed E-state index contributed by atoms with van der Waals surface area (Å²) < 4.78 is 1.67. The largest absolute Gasteiger partial charge is 0.304 e. The summed E-state index contributed by atoms with van der Waals surface area (Å²) in [6.45, 7) is 2.39. The molecule has 0 aliphatic heterocycles. The van der Waals surface area contributed by atoms with Crippen molar-refractivity contribution >= 4 is 11.6 Å². The van der Waals surface area contributed by atoms with Crippen LogP contribution in [0.1, 0.15) is 21.6 Å². The molecular weight excluding hydrogens is 286 g/mol. The monoisotopic (exact) mass is 305 g/mol. The smallest absolute Gasteiger partial charge is 0.262 e. The van der Waals surface area contributed by atoms with Gasteiger partial charge < -0.3 is 4.90 Å². The number of carbonyl (C=O) groups is 1. The molecule has 3 rings (SSSR count). The first-order valence-electron chi connectivity index (χ1n) is 7.56. The van der Waals surface area contributed by atoms with E-state index >= 15 is 0 Å². The summed E-state index contributed by atoms with van der Waals surface area (Å²) in [5.74, 6) is -0.0364. The number of benzene rings is 2. The lowest BCUT2D eigenvalue weighted by atomic mass is 10.1. The molecule has 1 amide bonds. The molecular formula is C19H19N3O. The Bertz CT molecular complexity index is 794. The van der Waals surface area contributed by atoms with Crippen LogP contribution in [0.25, 0.3) is 0 Å². The topological polar surface area (TPSA) is 38.1 Å². The van der Waals surface area contributed by atoms with Crippen molar-refractivity contribution in [1.29, 1.82) is 0 Å². The quantitative estimate of drug-likeness (QED) is 0.739. The van der Waals surface area contributed by atoms with Crippen molar-refractivity contribution in [3.63, 3.8) is 0 Å². The normalized spacial score (nSPS) is 10.5. The molecule has 116 valence electrons. The Morgan fingerprint density at radius 1 is 1.04 bits per heavy atom. The van der Waals surface area contributed by atoms with Crippen LogP contribution in [0.2, 0.25) is 0 Å². The number of carbonyl (C=O) groups excluding carboxylic acids is 1. The molecule has 23 heavy (non-hydrogen) atoms. The molecule has 0 fully saturated rings. The maximum atomic E-state index is 13.1. The van der Waals surface area contributed by atoms with E-state index in [2.05, 4.69) is 5.10 Å². The average Bonchev–Trinajstić information content (AvgIpc) is 2.92. The fraction of sp³-hybridized carbons (Fsp3) is 0.158. The predicted molar refractivity (Wildman–Crippen MR) is 91.3 cm³/mol. The highest BCUT2D eigenvalue weighted by Crippen LogP contribution is 2.21. The van der Waals surface area contributed by atoms with Crippen LogP contribution >= 0.6 is 0 Å². The summed E-state index contributed by atoms with van der Waals surface area (Å²) in [5, 5.41) is 4.28. The molecule has 0 spiro atoms. The zero-order chi connectivity index (χ0) is 16.2. The molecule has 0 atom stereocenters. The van der Waals surface area contributed by atoms with Gasteiger partial charge >= 0.3 is 0 Å². The Morgan fingerprint density at radius 3 is 2.22 bits per heavy atom. The first kappa shape index (κ1) is 15.0. The Kier molecular flexibility index (Phi) is 4.24. The number of anilines is 1. The number of nitrogens with zero attached hydrogens (tertiary/aromatic N) is 3. The third-order valence-electron chi connectivity index (χ3n) is 3.74. The fourth-order valence-electron chi connectivity index (χ4n) is 2.61. The number of amides is 1. The van der Waals surface area contributed by atoms with Gasteiger partial charge in [0.2, 0.25) is 0 Å².